The smallest absolute Gasteiger partial charge is 0.306 e. The van der Waals surface area contributed by atoms with Crippen LogP contribution in [0.3, 0.4) is 0 Å². The second-order valence-corrected chi connectivity index (χ2v) is 19.1. The second-order valence-electron chi connectivity index (χ2n) is 19.1. The fourth-order valence-electron chi connectivity index (χ4n) is 10.3. The van der Waals surface area contributed by atoms with Gasteiger partial charge in [-0.2, -0.15) is 0 Å². The van der Waals surface area contributed by atoms with Crippen LogP contribution >= 0.6 is 0 Å². The molecule has 6 atom stereocenters. The minimum Gasteiger partial charge on any atom is -0.481 e. The summed E-state index contributed by atoms with van der Waals surface area (Å²) in [4.78, 5) is 73.2. The second kappa shape index (κ2) is 14.0. The molecule has 0 bridgehead atoms. The molecule has 0 aromatic carbocycles. The van der Waals surface area contributed by atoms with E-state index in [0.29, 0.717) is 25.8 Å². The average Bonchev–Trinajstić information content (AvgIpc) is 3.20. The highest BCUT2D eigenvalue weighted by Gasteiger charge is 2.85. The summed E-state index contributed by atoms with van der Waals surface area (Å²) >= 11 is 0. The molecular weight excluding hydrogens is 618 g/mol. The Morgan fingerprint density at radius 3 is 1.98 bits per heavy atom. The summed E-state index contributed by atoms with van der Waals surface area (Å²) in [6, 6.07) is -1.55. The molecule has 4 rings (SSSR count). The molecule has 2 spiro atoms. The molecular formula is C40H67N3O6. The van der Waals surface area contributed by atoms with Crippen molar-refractivity contribution in [3.8, 4) is 0 Å². The molecule has 0 aromatic heterocycles. The third kappa shape index (κ3) is 7.13. The highest BCUT2D eigenvalue weighted by Crippen LogP contribution is 2.88. The van der Waals surface area contributed by atoms with Crippen LogP contribution in [0.4, 0.5) is 0 Å². The Kier molecular flexibility index (Phi) is 11.3. The minimum absolute atomic E-state index is 0.0287. The molecule has 2 heterocycles. The number of piperidine rings is 1. The van der Waals surface area contributed by atoms with E-state index in [-0.39, 0.29) is 64.6 Å². The van der Waals surface area contributed by atoms with Gasteiger partial charge in [0.05, 0.1) is 24.0 Å². The number of aliphatic carboxylic acids is 1. The summed E-state index contributed by atoms with van der Waals surface area (Å²) in [6.45, 7) is 23.7. The molecule has 2 amide bonds. The molecule has 4 aliphatic rings. The van der Waals surface area contributed by atoms with Crippen molar-refractivity contribution in [2.75, 3.05) is 13.1 Å². The van der Waals surface area contributed by atoms with Gasteiger partial charge in [0.15, 0.2) is 11.6 Å². The minimum atomic E-state index is -0.971. The number of hydrogen-bond acceptors (Lipinski definition) is 6. The number of carbonyl (C=O) groups excluding carboxylic acids is 4. The van der Waals surface area contributed by atoms with Gasteiger partial charge in [-0.15, -0.1) is 0 Å². The lowest BCUT2D eigenvalue weighted by Gasteiger charge is -2.40. The van der Waals surface area contributed by atoms with Gasteiger partial charge in [0.1, 0.15) is 0 Å². The van der Waals surface area contributed by atoms with Crippen LogP contribution < -0.4 is 5.32 Å². The largest absolute Gasteiger partial charge is 0.481 e. The third-order valence-electron chi connectivity index (χ3n) is 13.6. The zero-order valence-electron chi connectivity index (χ0n) is 32.5. The molecule has 2 saturated heterocycles. The van der Waals surface area contributed by atoms with Crippen LogP contribution in [0, 0.1) is 38.9 Å². The SMILES string of the molecule is CCC[C@@H](CC(=O)[C@@H]1CC2(CN1C(=O)[C@H](CC(=O)[C@@H](NC(=O)[C@H]1CCCCN1C(C)C)C(C)(C)C)C(C)(C)C)C(C)(C)C21CCC1)C(=O)O. The fourth-order valence-corrected chi connectivity index (χ4v) is 10.3. The van der Waals surface area contributed by atoms with E-state index in [1.54, 1.807) is 4.90 Å². The number of carboxylic acid groups (broad SMARTS) is 1. The predicted octanol–water partition coefficient (Wildman–Crippen LogP) is 6.66. The molecule has 2 saturated carbocycles. The fraction of sp³-hybridized carbons (Fsp3) is 0.875. The lowest BCUT2D eigenvalue weighted by Crippen LogP contribution is -2.58. The maximum Gasteiger partial charge on any atom is 0.306 e. The Morgan fingerprint density at radius 2 is 1.51 bits per heavy atom. The number of carbonyl (C=O) groups is 5. The topological polar surface area (TPSA) is 124 Å². The Morgan fingerprint density at radius 1 is 0.878 bits per heavy atom. The third-order valence-corrected chi connectivity index (χ3v) is 13.6. The van der Waals surface area contributed by atoms with Crippen LogP contribution in [0.2, 0.25) is 0 Å². The number of fused-ring (bicyclic) bond motifs is 1. The van der Waals surface area contributed by atoms with E-state index >= 15 is 0 Å². The van der Waals surface area contributed by atoms with Crippen LogP contribution in [-0.4, -0.2) is 81.5 Å². The zero-order chi connectivity index (χ0) is 36.9. The molecule has 2 aliphatic heterocycles. The van der Waals surface area contributed by atoms with Crippen molar-refractivity contribution >= 4 is 29.4 Å². The van der Waals surface area contributed by atoms with Crippen LogP contribution in [0.25, 0.3) is 0 Å². The van der Waals surface area contributed by atoms with Gasteiger partial charge in [0.25, 0.3) is 0 Å². The van der Waals surface area contributed by atoms with Crippen molar-refractivity contribution in [1.29, 1.82) is 0 Å². The van der Waals surface area contributed by atoms with Gasteiger partial charge < -0.3 is 15.3 Å². The number of hydrogen-bond donors (Lipinski definition) is 2. The number of nitrogens with one attached hydrogen (secondary N) is 1. The van der Waals surface area contributed by atoms with Crippen molar-refractivity contribution in [2.24, 2.45) is 38.9 Å². The first-order chi connectivity index (χ1) is 22.6. The molecule has 1 unspecified atom stereocenters. The van der Waals surface area contributed by atoms with E-state index in [9.17, 15) is 29.1 Å². The number of Topliss-reactive ketones (excluding diaryl/α,β-unsaturated/α-hetero) is 2. The van der Waals surface area contributed by atoms with Crippen molar-refractivity contribution in [1.82, 2.24) is 15.1 Å². The number of rotatable bonds is 13. The van der Waals surface area contributed by atoms with Crippen LogP contribution in [0.1, 0.15) is 147 Å². The quantitative estimate of drug-likeness (QED) is 0.222. The number of carboxylic acids is 1. The van der Waals surface area contributed by atoms with E-state index in [4.69, 9.17) is 0 Å². The van der Waals surface area contributed by atoms with E-state index in [1.807, 2.05) is 48.5 Å². The number of nitrogens with zero attached hydrogens (tertiary/aromatic N) is 2. The highest BCUT2D eigenvalue weighted by atomic mass is 16.4. The lowest BCUT2D eigenvalue weighted by molar-refractivity contribution is -0.148. The standard InChI is InChI=1S/C40H67N3O6/c1-12-16-26(35(48)49)21-30(44)29-23-40(38(10,11)39(40)18-15-19-39)24-43(29)34(47)27(36(4,5)6)22-31(45)32(37(7,8)9)41-33(46)28-17-13-14-20-42(28)25(2)3/h25-29,32H,12-24H2,1-11H3,(H,41,46)(H,48,49)/t26-,27-,28+,29-,32+,40?/m0/s1. The normalized spacial score (nSPS) is 28.2. The Labute approximate surface area is 296 Å². The van der Waals surface area contributed by atoms with Gasteiger partial charge in [-0.05, 0) is 80.6 Å². The number of ketones is 2. The van der Waals surface area contributed by atoms with Gasteiger partial charge >= 0.3 is 5.97 Å². The van der Waals surface area contributed by atoms with Crippen LogP contribution in [-0.2, 0) is 24.0 Å². The first kappa shape index (κ1) is 39.5. The van der Waals surface area contributed by atoms with Crippen molar-refractivity contribution in [3.63, 3.8) is 0 Å². The molecule has 9 nitrogen and oxygen atoms in total. The first-order valence-corrected chi connectivity index (χ1v) is 19.2. The molecule has 4 fully saturated rings. The maximum absolute atomic E-state index is 14.9. The zero-order valence-corrected chi connectivity index (χ0v) is 32.5. The first-order valence-electron chi connectivity index (χ1n) is 19.2. The molecule has 9 heteroatoms. The number of amides is 2. The summed E-state index contributed by atoms with van der Waals surface area (Å²) in [5, 5.41) is 13.0. The van der Waals surface area contributed by atoms with Gasteiger partial charge in [-0.1, -0.05) is 81.6 Å². The molecule has 278 valence electrons. The average molecular weight is 686 g/mol. The van der Waals surface area contributed by atoms with Crippen LogP contribution in [0.15, 0.2) is 0 Å². The van der Waals surface area contributed by atoms with Crippen molar-refractivity contribution in [3.05, 3.63) is 0 Å². The molecule has 49 heavy (non-hydrogen) atoms. The van der Waals surface area contributed by atoms with E-state index in [1.165, 1.54) is 0 Å². The van der Waals surface area contributed by atoms with Gasteiger partial charge in [-0.3, -0.25) is 28.9 Å². The summed E-state index contributed by atoms with van der Waals surface area (Å²) < 4.78 is 0. The molecule has 0 aromatic rings. The Balaban J connectivity index is 1.62. The predicted molar refractivity (Wildman–Crippen MR) is 192 cm³/mol. The summed E-state index contributed by atoms with van der Waals surface area (Å²) in [5.41, 5.74) is -1.29. The van der Waals surface area contributed by atoms with E-state index in [2.05, 4.69) is 37.9 Å². The Hall–Kier alpha value is -2.29. The molecule has 2 aliphatic carbocycles. The monoisotopic (exact) mass is 686 g/mol. The molecule has 0 radical (unpaired) electrons. The summed E-state index contributed by atoms with van der Waals surface area (Å²) in [5.74, 6) is -3.14. The van der Waals surface area contributed by atoms with Gasteiger partial charge in [0, 0.05) is 36.8 Å². The van der Waals surface area contributed by atoms with Crippen LogP contribution in [0.5, 0.6) is 0 Å². The lowest BCUT2D eigenvalue weighted by atomic mass is 9.73. The van der Waals surface area contributed by atoms with E-state index < -0.39 is 40.7 Å². The van der Waals surface area contributed by atoms with Gasteiger partial charge in [0.2, 0.25) is 11.8 Å². The van der Waals surface area contributed by atoms with Crippen molar-refractivity contribution in [2.45, 2.75) is 171 Å². The highest BCUT2D eigenvalue weighted by molar-refractivity contribution is 5.96. The van der Waals surface area contributed by atoms with Crippen molar-refractivity contribution < 1.29 is 29.1 Å². The summed E-state index contributed by atoms with van der Waals surface area (Å²) in [6.07, 6.45) is 7.58. The summed E-state index contributed by atoms with van der Waals surface area (Å²) in [7, 11) is 0. The molecule has 2 N–H and O–H groups in total. The van der Waals surface area contributed by atoms with E-state index in [0.717, 1.165) is 45.1 Å². The maximum atomic E-state index is 14.9. The van der Waals surface area contributed by atoms with Gasteiger partial charge in [-0.25, -0.2) is 0 Å². The number of likely N-dealkylation sites (tertiary alicyclic amines) is 2. The Bertz CT molecular complexity index is 1290.